The van der Waals surface area contributed by atoms with Gasteiger partial charge in [-0.3, -0.25) is 9.59 Å². The van der Waals surface area contributed by atoms with Crippen LogP contribution in [0, 0.1) is 0 Å². The first kappa shape index (κ1) is 17.5. The number of benzene rings is 2. The first-order valence-corrected chi connectivity index (χ1v) is 8.11. The molecule has 6 heteroatoms. The van der Waals surface area contributed by atoms with Crippen molar-refractivity contribution in [3.05, 3.63) is 63.6 Å². The standard InChI is InChI=1S/C17H15BrClNO3/c1-11(17(22)20-15-4-2-3-14(19)10-15)23-16(21)9-12-5-7-13(18)8-6-12/h2-8,10-11H,9H2,1H3,(H,20,22)/t11-/m1/s1. The number of amides is 1. The predicted octanol–water partition coefficient (Wildman–Crippen LogP) is 4.22. The lowest BCUT2D eigenvalue weighted by atomic mass is 10.1. The highest BCUT2D eigenvalue weighted by molar-refractivity contribution is 9.10. The lowest BCUT2D eigenvalue weighted by Gasteiger charge is -2.13. The summed E-state index contributed by atoms with van der Waals surface area (Å²) in [5, 5.41) is 3.17. The highest BCUT2D eigenvalue weighted by Gasteiger charge is 2.18. The number of carbonyl (C=O) groups is 2. The Balaban J connectivity index is 1.87. The predicted molar refractivity (Wildman–Crippen MR) is 93.5 cm³/mol. The van der Waals surface area contributed by atoms with Crippen LogP contribution in [0.4, 0.5) is 5.69 Å². The van der Waals surface area contributed by atoms with Crippen LogP contribution < -0.4 is 5.32 Å². The SMILES string of the molecule is C[C@@H](OC(=O)Cc1ccc(Br)cc1)C(=O)Nc1cccc(Cl)c1. The van der Waals surface area contributed by atoms with Crippen LogP contribution in [-0.2, 0) is 20.7 Å². The molecule has 4 nitrogen and oxygen atoms in total. The third-order valence-corrected chi connectivity index (χ3v) is 3.80. The molecule has 1 atom stereocenters. The van der Waals surface area contributed by atoms with Crippen LogP contribution >= 0.6 is 27.5 Å². The zero-order valence-electron chi connectivity index (χ0n) is 12.4. The van der Waals surface area contributed by atoms with Gasteiger partial charge < -0.3 is 10.1 Å². The number of rotatable bonds is 5. The van der Waals surface area contributed by atoms with E-state index in [0.717, 1.165) is 10.0 Å². The Morgan fingerprint density at radius 1 is 1.22 bits per heavy atom. The Labute approximate surface area is 147 Å². The van der Waals surface area contributed by atoms with E-state index in [1.54, 1.807) is 24.3 Å². The number of nitrogens with one attached hydrogen (secondary N) is 1. The molecule has 0 heterocycles. The normalized spacial score (nSPS) is 11.6. The lowest BCUT2D eigenvalue weighted by Crippen LogP contribution is -2.30. The van der Waals surface area contributed by atoms with Crippen LogP contribution in [0.2, 0.25) is 5.02 Å². The molecule has 1 N–H and O–H groups in total. The minimum atomic E-state index is -0.892. The van der Waals surface area contributed by atoms with Crippen molar-refractivity contribution in [3.63, 3.8) is 0 Å². The summed E-state index contributed by atoms with van der Waals surface area (Å²) in [5.74, 6) is -0.863. The first-order valence-electron chi connectivity index (χ1n) is 6.94. The van der Waals surface area contributed by atoms with Crippen LogP contribution in [0.1, 0.15) is 12.5 Å². The summed E-state index contributed by atoms with van der Waals surface area (Å²) in [5.41, 5.74) is 1.37. The molecule has 0 aliphatic carbocycles. The maximum Gasteiger partial charge on any atom is 0.311 e. The first-order chi connectivity index (χ1) is 10.9. The number of anilines is 1. The van der Waals surface area contributed by atoms with Crippen molar-refractivity contribution in [1.29, 1.82) is 0 Å². The van der Waals surface area contributed by atoms with E-state index in [1.807, 2.05) is 24.3 Å². The molecule has 0 bridgehead atoms. The van der Waals surface area contributed by atoms with Gasteiger partial charge in [-0.1, -0.05) is 45.7 Å². The fourth-order valence-electron chi connectivity index (χ4n) is 1.87. The van der Waals surface area contributed by atoms with Gasteiger partial charge in [-0.05, 0) is 42.8 Å². The molecule has 120 valence electrons. The molecule has 0 aliphatic heterocycles. The zero-order valence-corrected chi connectivity index (χ0v) is 14.7. The van der Waals surface area contributed by atoms with Crippen LogP contribution in [0.25, 0.3) is 0 Å². The molecule has 0 aromatic heterocycles. The topological polar surface area (TPSA) is 55.4 Å². The second-order valence-electron chi connectivity index (χ2n) is 4.93. The lowest BCUT2D eigenvalue weighted by molar-refractivity contribution is -0.152. The van der Waals surface area contributed by atoms with Crippen LogP contribution in [0.5, 0.6) is 0 Å². The number of carbonyl (C=O) groups excluding carboxylic acids is 2. The minimum absolute atomic E-state index is 0.113. The van der Waals surface area contributed by atoms with Crippen LogP contribution in [0.3, 0.4) is 0 Å². The van der Waals surface area contributed by atoms with Crippen LogP contribution in [0.15, 0.2) is 53.0 Å². The van der Waals surface area contributed by atoms with Crippen molar-refractivity contribution in [2.24, 2.45) is 0 Å². The molecule has 2 aromatic rings. The van der Waals surface area contributed by atoms with Crippen molar-refractivity contribution >= 4 is 45.1 Å². The molecule has 0 aliphatic rings. The van der Waals surface area contributed by atoms with Crippen molar-refractivity contribution in [2.75, 3.05) is 5.32 Å². The molecule has 0 radical (unpaired) electrons. The maximum atomic E-state index is 12.0. The molecule has 0 spiro atoms. The fourth-order valence-corrected chi connectivity index (χ4v) is 2.33. The maximum absolute atomic E-state index is 12.0. The van der Waals surface area contributed by atoms with Crippen molar-refractivity contribution in [2.45, 2.75) is 19.4 Å². The molecule has 0 fully saturated rings. The molecule has 2 rings (SSSR count). The van der Waals surface area contributed by atoms with Crippen molar-refractivity contribution in [1.82, 2.24) is 0 Å². The van der Waals surface area contributed by atoms with Gasteiger partial charge in [0.15, 0.2) is 6.10 Å². The van der Waals surface area contributed by atoms with E-state index in [9.17, 15) is 9.59 Å². The Bertz CT molecular complexity index is 703. The summed E-state index contributed by atoms with van der Waals surface area (Å²) in [4.78, 5) is 23.9. The molecule has 23 heavy (non-hydrogen) atoms. The molecule has 1 amide bonds. The average Bonchev–Trinajstić information content (AvgIpc) is 2.49. The number of esters is 1. The van der Waals surface area contributed by atoms with Crippen LogP contribution in [-0.4, -0.2) is 18.0 Å². The second kappa shape index (κ2) is 8.13. The molecule has 2 aromatic carbocycles. The van der Waals surface area contributed by atoms with Gasteiger partial charge in [0.1, 0.15) is 0 Å². The summed E-state index contributed by atoms with van der Waals surface area (Å²) >= 11 is 9.18. The highest BCUT2D eigenvalue weighted by Crippen LogP contribution is 2.15. The Hall–Kier alpha value is -1.85. The van der Waals surface area contributed by atoms with Crippen molar-refractivity contribution in [3.8, 4) is 0 Å². The molecule has 0 saturated heterocycles. The van der Waals surface area contributed by atoms with Gasteiger partial charge in [-0.2, -0.15) is 0 Å². The highest BCUT2D eigenvalue weighted by atomic mass is 79.9. The monoisotopic (exact) mass is 395 g/mol. The van der Waals surface area contributed by atoms with Gasteiger partial charge in [0, 0.05) is 15.2 Å². The van der Waals surface area contributed by atoms with E-state index in [4.69, 9.17) is 16.3 Å². The van der Waals surface area contributed by atoms with Gasteiger partial charge >= 0.3 is 5.97 Å². The van der Waals surface area contributed by atoms with Gasteiger partial charge in [-0.25, -0.2) is 0 Å². The largest absolute Gasteiger partial charge is 0.452 e. The quantitative estimate of drug-likeness (QED) is 0.770. The van der Waals surface area contributed by atoms with Gasteiger partial charge in [0.05, 0.1) is 6.42 Å². The molecular formula is C17H15BrClNO3. The Morgan fingerprint density at radius 3 is 2.57 bits per heavy atom. The minimum Gasteiger partial charge on any atom is -0.452 e. The summed E-state index contributed by atoms with van der Waals surface area (Å²) in [7, 11) is 0. The second-order valence-corrected chi connectivity index (χ2v) is 6.29. The fraction of sp³-hybridized carbons (Fsp3) is 0.176. The smallest absolute Gasteiger partial charge is 0.311 e. The van der Waals surface area contributed by atoms with E-state index in [-0.39, 0.29) is 6.42 Å². The Morgan fingerprint density at radius 2 is 1.91 bits per heavy atom. The summed E-state index contributed by atoms with van der Waals surface area (Å²) in [6.45, 7) is 1.53. The van der Waals surface area contributed by atoms with Gasteiger partial charge in [0.2, 0.25) is 0 Å². The van der Waals surface area contributed by atoms with E-state index >= 15 is 0 Å². The summed E-state index contributed by atoms with van der Waals surface area (Å²) in [6.07, 6.45) is -0.779. The third-order valence-electron chi connectivity index (χ3n) is 3.03. The third kappa shape index (κ3) is 5.69. The zero-order chi connectivity index (χ0) is 16.8. The number of halogens is 2. The number of hydrogen-bond donors (Lipinski definition) is 1. The molecule has 0 unspecified atom stereocenters. The summed E-state index contributed by atoms with van der Waals surface area (Å²) in [6, 6.07) is 14.1. The van der Waals surface area contributed by atoms with Crippen molar-refractivity contribution < 1.29 is 14.3 Å². The molecule has 0 saturated carbocycles. The average molecular weight is 397 g/mol. The van der Waals surface area contributed by atoms with Gasteiger partial charge in [-0.15, -0.1) is 0 Å². The van der Waals surface area contributed by atoms with E-state index < -0.39 is 18.0 Å². The summed E-state index contributed by atoms with van der Waals surface area (Å²) < 4.78 is 6.09. The van der Waals surface area contributed by atoms with E-state index in [2.05, 4.69) is 21.2 Å². The van der Waals surface area contributed by atoms with E-state index in [0.29, 0.717) is 10.7 Å². The Kier molecular flexibility index (Phi) is 6.19. The number of hydrogen-bond acceptors (Lipinski definition) is 3. The number of ether oxygens (including phenoxy) is 1. The van der Waals surface area contributed by atoms with E-state index in [1.165, 1.54) is 6.92 Å². The molecular weight excluding hydrogens is 382 g/mol. The van der Waals surface area contributed by atoms with Gasteiger partial charge in [0.25, 0.3) is 5.91 Å².